The van der Waals surface area contributed by atoms with Crippen molar-refractivity contribution in [2.75, 3.05) is 0 Å². The molecule has 0 saturated carbocycles. The van der Waals surface area contributed by atoms with Crippen LogP contribution >= 0.6 is 10.5 Å². The summed E-state index contributed by atoms with van der Waals surface area (Å²) < 4.78 is 34.1. The van der Waals surface area contributed by atoms with Crippen LogP contribution in [0.25, 0.3) is 15.0 Å². The first-order valence-corrected chi connectivity index (χ1v) is 10.8. The Balaban J connectivity index is 1.66. The highest BCUT2D eigenvalue weighted by atomic mass is 32.2. The summed E-state index contributed by atoms with van der Waals surface area (Å²) in [6.45, 7) is 5.32. The third-order valence-electron chi connectivity index (χ3n) is 5.07. The second-order valence-electron chi connectivity index (χ2n) is 7.72. The molecule has 0 aliphatic carbocycles. The summed E-state index contributed by atoms with van der Waals surface area (Å²) in [4.78, 5) is 13.9. The molecule has 1 aromatic heterocycles. The molecule has 5 heteroatoms. The predicted octanol–water partition coefficient (Wildman–Crippen LogP) is 7.26. The van der Waals surface area contributed by atoms with Crippen LogP contribution in [0.5, 0.6) is 0 Å². The second-order valence-corrected chi connectivity index (χ2v) is 9.54. The van der Waals surface area contributed by atoms with Gasteiger partial charge < -0.3 is 4.74 Å². The van der Waals surface area contributed by atoms with Crippen molar-refractivity contribution in [1.29, 1.82) is 0 Å². The van der Waals surface area contributed by atoms with Crippen molar-refractivity contribution >= 4 is 26.5 Å². The number of ether oxygens (including phenoxy) is 1. The number of carbonyl (C=O) groups excluding carboxylic acids is 1. The van der Waals surface area contributed by atoms with Gasteiger partial charge in [-0.1, -0.05) is 18.2 Å². The summed E-state index contributed by atoms with van der Waals surface area (Å²) in [6.07, 6.45) is 0. The summed E-state index contributed by atoms with van der Waals surface area (Å²) in [7, 11) is -0.257. The average molecular weight is 424 g/mol. The van der Waals surface area contributed by atoms with Crippen LogP contribution in [0.15, 0.2) is 72.1 Å². The maximum atomic E-state index is 13.6. The Morgan fingerprint density at radius 3 is 2.37 bits per heavy atom. The molecule has 4 rings (SSSR count). The summed E-state index contributed by atoms with van der Waals surface area (Å²) in [5, 5.41) is 3.44. The zero-order valence-corrected chi connectivity index (χ0v) is 17.7. The van der Waals surface area contributed by atoms with E-state index >= 15 is 0 Å². The summed E-state index contributed by atoms with van der Waals surface area (Å²) in [5.41, 5.74) is 0.695. The Kier molecular flexibility index (Phi) is 5.16. The molecule has 1 heterocycles. The SMILES string of the molecule is Cc1c[s+](-c2cccc(C(=O)OC(C)(C)c3cc(F)cc(F)c3)c2)c2ccccc12. The molecule has 0 N–H and O–H groups in total. The molecule has 0 bridgehead atoms. The van der Waals surface area contributed by atoms with E-state index in [1.165, 1.54) is 27.8 Å². The lowest BCUT2D eigenvalue weighted by molar-refractivity contribution is -0.00338. The number of rotatable bonds is 4. The van der Waals surface area contributed by atoms with Crippen molar-refractivity contribution in [3.63, 3.8) is 0 Å². The maximum Gasteiger partial charge on any atom is 0.339 e. The number of carbonyl (C=O) groups is 1. The first-order valence-electron chi connectivity index (χ1n) is 9.55. The van der Waals surface area contributed by atoms with Crippen molar-refractivity contribution in [3.8, 4) is 4.90 Å². The fourth-order valence-electron chi connectivity index (χ4n) is 3.49. The van der Waals surface area contributed by atoms with E-state index in [9.17, 15) is 13.6 Å². The van der Waals surface area contributed by atoms with Gasteiger partial charge in [0.2, 0.25) is 0 Å². The quantitative estimate of drug-likeness (QED) is 0.255. The van der Waals surface area contributed by atoms with Gasteiger partial charge in [-0.05, 0) is 57.2 Å². The zero-order valence-electron chi connectivity index (χ0n) is 16.9. The Hall–Kier alpha value is -3.05. The molecule has 0 saturated heterocycles. The molecule has 2 nitrogen and oxygen atoms in total. The first kappa shape index (κ1) is 20.2. The molecule has 4 aromatic rings. The number of hydrogen-bond acceptors (Lipinski definition) is 2. The minimum Gasteiger partial charge on any atom is -0.451 e. The summed E-state index contributed by atoms with van der Waals surface area (Å²) in [5.74, 6) is -1.96. The van der Waals surface area contributed by atoms with E-state index in [-0.39, 0.29) is 16.0 Å². The van der Waals surface area contributed by atoms with Crippen LogP contribution in [-0.4, -0.2) is 5.97 Å². The lowest BCUT2D eigenvalue weighted by Gasteiger charge is -2.25. The normalized spacial score (nSPS) is 12.2. The van der Waals surface area contributed by atoms with E-state index in [2.05, 4.69) is 24.4 Å². The number of aryl methyl sites for hydroxylation is 1. The lowest BCUT2D eigenvalue weighted by atomic mass is 9.97. The van der Waals surface area contributed by atoms with Gasteiger partial charge >= 0.3 is 5.97 Å². The van der Waals surface area contributed by atoms with Gasteiger partial charge in [0.15, 0.2) is 9.60 Å². The minimum absolute atomic E-state index is 0.257. The molecule has 152 valence electrons. The highest BCUT2D eigenvalue weighted by Gasteiger charge is 2.28. The van der Waals surface area contributed by atoms with Gasteiger partial charge in [-0.15, -0.1) is 0 Å². The van der Waals surface area contributed by atoms with Crippen LogP contribution in [0, 0.1) is 18.6 Å². The largest absolute Gasteiger partial charge is 0.451 e. The molecule has 0 spiro atoms. The lowest BCUT2D eigenvalue weighted by Crippen LogP contribution is -2.26. The molecular weight excluding hydrogens is 402 g/mol. The summed E-state index contributed by atoms with van der Waals surface area (Å²) >= 11 is 0. The van der Waals surface area contributed by atoms with Crippen molar-refractivity contribution in [2.45, 2.75) is 26.4 Å². The van der Waals surface area contributed by atoms with E-state index in [0.29, 0.717) is 5.56 Å². The van der Waals surface area contributed by atoms with Gasteiger partial charge in [-0.2, -0.15) is 0 Å². The van der Waals surface area contributed by atoms with Crippen LogP contribution in [0.2, 0.25) is 0 Å². The van der Waals surface area contributed by atoms with E-state index in [0.717, 1.165) is 11.0 Å². The summed E-state index contributed by atoms with van der Waals surface area (Å²) in [6, 6.07) is 18.8. The molecule has 0 amide bonds. The van der Waals surface area contributed by atoms with E-state index in [4.69, 9.17) is 4.74 Å². The highest BCUT2D eigenvalue weighted by molar-refractivity contribution is 7.43. The Labute approximate surface area is 176 Å². The number of esters is 1. The smallest absolute Gasteiger partial charge is 0.339 e. The number of halogens is 2. The molecule has 30 heavy (non-hydrogen) atoms. The van der Waals surface area contributed by atoms with Crippen LogP contribution < -0.4 is 0 Å². The van der Waals surface area contributed by atoms with Gasteiger partial charge in [-0.3, -0.25) is 0 Å². The van der Waals surface area contributed by atoms with Crippen molar-refractivity contribution in [1.82, 2.24) is 0 Å². The van der Waals surface area contributed by atoms with Gasteiger partial charge in [0.25, 0.3) is 0 Å². The fraction of sp³-hybridized carbons (Fsp3) is 0.160. The number of hydrogen-bond donors (Lipinski definition) is 0. The highest BCUT2D eigenvalue weighted by Crippen LogP contribution is 2.42. The maximum absolute atomic E-state index is 13.6. The van der Waals surface area contributed by atoms with Gasteiger partial charge in [0.05, 0.1) is 5.56 Å². The van der Waals surface area contributed by atoms with Crippen molar-refractivity contribution in [3.05, 3.63) is 100 Å². The van der Waals surface area contributed by atoms with Crippen molar-refractivity contribution in [2.24, 2.45) is 0 Å². The molecule has 1 unspecified atom stereocenters. The standard InChI is InChI=1S/C25H21F2O2S/c1-16-15-30(23-10-5-4-9-22(16)23)21-8-6-7-17(11-21)24(28)29-25(2,3)18-12-19(26)14-20(27)13-18/h4-15H,1-3H3/q+1. The number of thiophene rings is 1. The zero-order chi connectivity index (χ0) is 21.5. The topological polar surface area (TPSA) is 26.3 Å². The molecule has 0 fully saturated rings. The molecule has 3 aromatic carbocycles. The Bertz CT molecular complexity index is 1240. The molecule has 0 aliphatic heterocycles. The Morgan fingerprint density at radius 2 is 1.63 bits per heavy atom. The fourth-order valence-corrected chi connectivity index (χ4v) is 5.66. The van der Waals surface area contributed by atoms with Crippen LogP contribution in [0.3, 0.4) is 0 Å². The van der Waals surface area contributed by atoms with E-state index < -0.39 is 23.2 Å². The average Bonchev–Trinajstić information content (AvgIpc) is 3.04. The van der Waals surface area contributed by atoms with Crippen LogP contribution in [0.1, 0.15) is 35.3 Å². The minimum atomic E-state index is -1.19. The van der Waals surface area contributed by atoms with E-state index in [1.807, 2.05) is 30.3 Å². The van der Waals surface area contributed by atoms with Crippen molar-refractivity contribution < 1.29 is 18.3 Å². The van der Waals surface area contributed by atoms with Crippen LogP contribution in [-0.2, 0) is 10.3 Å². The van der Waals surface area contributed by atoms with E-state index in [1.54, 1.807) is 19.9 Å². The van der Waals surface area contributed by atoms with Gasteiger partial charge in [0, 0.05) is 39.1 Å². The monoisotopic (exact) mass is 423 g/mol. The number of benzene rings is 3. The van der Waals surface area contributed by atoms with Gasteiger partial charge in [0.1, 0.15) is 22.6 Å². The molecule has 0 aliphatic rings. The molecule has 1 atom stereocenters. The third-order valence-corrected chi connectivity index (χ3v) is 7.25. The predicted molar refractivity (Wildman–Crippen MR) is 117 cm³/mol. The van der Waals surface area contributed by atoms with Crippen LogP contribution in [0.4, 0.5) is 8.78 Å². The molecule has 0 radical (unpaired) electrons. The molecular formula is C25H21F2O2S+. The second kappa shape index (κ2) is 7.65. The Morgan fingerprint density at radius 1 is 0.933 bits per heavy atom. The first-order chi connectivity index (χ1) is 14.2. The number of fused-ring (bicyclic) bond motifs is 1. The third kappa shape index (κ3) is 3.85. The van der Waals surface area contributed by atoms with Gasteiger partial charge in [-0.25, -0.2) is 13.6 Å².